The Morgan fingerprint density at radius 1 is 1.17 bits per heavy atom. The Bertz CT molecular complexity index is 635. The topological polar surface area (TPSA) is 33.5 Å². The molecule has 0 aromatic heterocycles. The van der Waals surface area contributed by atoms with Crippen LogP contribution in [0.4, 0.5) is 11.4 Å². The maximum absolute atomic E-state index is 13.4. The molecule has 1 N–H and O–H groups in total. The lowest BCUT2D eigenvalue weighted by Crippen LogP contribution is -2.52. The smallest absolute Gasteiger partial charge is 0.268 e. The van der Waals surface area contributed by atoms with Crippen molar-refractivity contribution in [2.24, 2.45) is 0 Å². The number of aryl methyl sites for hydroxylation is 2. The number of carbonyl (C=O) groups excluding carboxylic acids is 1. The number of benzene rings is 1. The number of hydrogen-bond acceptors (Lipinski definition) is 1. The van der Waals surface area contributed by atoms with Crippen LogP contribution >= 0.6 is 7.26 Å². The van der Waals surface area contributed by atoms with Gasteiger partial charge >= 0.3 is 0 Å². The fraction of sp³-hybridized carbons (Fsp3) is 0.600. The van der Waals surface area contributed by atoms with E-state index >= 15 is 0 Å². The molecule has 0 radical (unpaired) electrons. The summed E-state index contributed by atoms with van der Waals surface area (Å²) in [5, 5.41) is 3.14. The Balaban J connectivity index is 2.37. The molecule has 1 saturated carbocycles. The van der Waals surface area contributed by atoms with Crippen LogP contribution in [0.2, 0.25) is 0 Å². The molecule has 130 valence electrons. The summed E-state index contributed by atoms with van der Waals surface area (Å²) < 4.78 is 0. The second-order valence-corrected chi connectivity index (χ2v) is 12.0. The highest BCUT2D eigenvalue weighted by atomic mass is 31.2. The van der Waals surface area contributed by atoms with Crippen molar-refractivity contribution in [3.63, 3.8) is 0 Å². The van der Waals surface area contributed by atoms with Gasteiger partial charge in [0, 0.05) is 12.9 Å². The van der Waals surface area contributed by atoms with Gasteiger partial charge in [-0.1, -0.05) is 12.1 Å². The molecule has 0 spiro atoms. The van der Waals surface area contributed by atoms with Gasteiger partial charge in [0.15, 0.2) is 10.8 Å². The molecule has 24 heavy (non-hydrogen) atoms. The summed E-state index contributed by atoms with van der Waals surface area (Å²) in [7, 11) is -1.27. The highest BCUT2D eigenvalue weighted by Gasteiger charge is 2.63. The third-order valence-corrected chi connectivity index (χ3v) is 12.3. The number of rotatable bonds is 6. The lowest BCUT2D eigenvalue weighted by molar-refractivity contribution is -0.120. The number of nitrogens with one attached hydrogen (secondary N) is 1. The molecule has 0 bridgehead atoms. The van der Waals surface area contributed by atoms with Crippen LogP contribution in [0.5, 0.6) is 0 Å². The largest absolute Gasteiger partial charge is 0.322 e. The van der Waals surface area contributed by atoms with Crippen molar-refractivity contribution in [1.29, 1.82) is 0 Å². The van der Waals surface area contributed by atoms with E-state index in [9.17, 15) is 4.79 Å². The number of carbonyl (C=O) groups is 1. The van der Waals surface area contributed by atoms with Gasteiger partial charge in [0.2, 0.25) is 0 Å². The molecule has 2 rings (SSSR count). The predicted molar refractivity (Wildman–Crippen MR) is 106 cm³/mol. The van der Waals surface area contributed by atoms with Gasteiger partial charge in [-0.25, -0.2) is 4.85 Å². The first-order valence-electron chi connectivity index (χ1n) is 9.06. The standard InChI is InChI=1S/C20H29N2OP/c1-7-24(8-2,9-3)20(11-10-12-20)19(23)22-18-15(4)13-17(21-6)14-16(18)5/h13-14H,7-12H2,1-5H3/p+1. The van der Waals surface area contributed by atoms with Gasteiger partial charge in [-0.3, -0.25) is 4.79 Å². The van der Waals surface area contributed by atoms with Crippen molar-refractivity contribution in [2.75, 3.05) is 23.8 Å². The van der Waals surface area contributed by atoms with Crippen molar-refractivity contribution in [1.82, 2.24) is 0 Å². The third-order valence-electron chi connectivity index (χ3n) is 6.21. The molecular formula is C20H30N2OP+. The van der Waals surface area contributed by atoms with E-state index in [4.69, 9.17) is 6.57 Å². The maximum Gasteiger partial charge on any atom is 0.268 e. The summed E-state index contributed by atoms with van der Waals surface area (Å²) in [6.07, 6.45) is 6.72. The zero-order valence-corrected chi connectivity index (χ0v) is 16.6. The second kappa shape index (κ2) is 7.24. The lowest BCUT2D eigenvalue weighted by atomic mass is 9.83. The van der Waals surface area contributed by atoms with Gasteiger partial charge < -0.3 is 5.32 Å². The molecule has 0 aliphatic heterocycles. The summed E-state index contributed by atoms with van der Waals surface area (Å²) in [5.41, 5.74) is 3.51. The monoisotopic (exact) mass is 345 g/mol. The number of amides is 1. The first-order chi connectivity index (χ1) is 11.4. The zero-order valence-electron chi connectivity index (χ0n) is 15.7. The number of hydrogen-bond donors (Lipinski definition) is 1. The van der Waals surface area contributed by atoms with Crippen LogP contribution in [0.25, 0.3) is 4.85 Å². The van der Waals surface area contributed by atoms with Crippen LogP contribution in [0.3, 0.4) is 0 Å². The van der Waals surface area contributed by atoms with E-state index < -0.39 is 7.26 Å². The fourth-order valence-electron chi connectivity index (χ4n) is 4.44. The molecule has 1 amide bonds. The minimum Gasteiger partial charge on any atom is -0.322 e. The Morgan fingerprint density at radius 2 is 1.67 bits per heavy atom. The molecular weight excluding hydrogens is 315 g/mol. The molecule has 1 aromatic carbocycles. The Labute approximate surface area is 147 Å². The van der Waals surface area contributed by atoms with Crippen LogP contribution in [0, 0.1) is 20.4 Å². The van der Waals surface area contributed by atoms with Gasteiger partial charge in [0.25, 0.3) is 5.91 Å². The number of anilines is 1. The molecule has 0 unspecified atom stereocenters. The van der Waals surface area contributed by atoms with Gasteiger partial charge in [-0.05, 0) is 65.0 Å². The van der Waals surface area contributed by atoms with E-state index in [0.717, 1.165) is 48.1 Å². The molecule has 0 heterocycles. The summed E-state index contributed by atoms with van der Waals surface area (Å²) in [4.78, 5) is 16.9. The molecule has 1 aromatic rings. The first-order valence-corrected chi connectivity index (χ1v) is 11.4. The van der Waals surface area contributed by atoms with Crippen LogP contribution in [-0.4, -0.2) is 29.5 Å². The van der Waals surface area contributed by atoms with Crippen LogP contribution in [0.1, 0.15) is 51.2 Å². The Kier molecular flexibility index (Phi) is 5.71. The van der Waals surface area contributed by atoms with Crippen molar-refractivity contribution in [3.05, 3.63) is 34.7 Å². The van der Waals surface area contributed by atoms with Crippen molar-refractivity contribution in [3.8, 4) is 0 Å². The normalized spacial score (nSPS) is 16.2. The van der Waals surface area contributed by atoms with E-state index in [1.165, 1.54) is 6.42 Å². The van der Waals surface area contributed by atoms with Gasteiger partial charge in [-0.15, -0.1) is 0 Å². The van der Waals surface area contributed by atoms with Gasteiger partial charge in [0.1, 0.15) is 0 Å². The average molecular weight is 345 g/mol. The van der Waals surface area contributed by atoms with Crippen molar-refractivity contribution >= 4 is 24.5 Å². The van der Waals surface area contributed by atoms with E-state index in [2.05, 4.69) is 30.9 Å². The van der Waals surface area contributed by atoms with Gasteiger partial charge in [0.05, 0.1) is 25.1 Å². The van der Waals surface area contributed by atoms with E-state index in [-0.39, 0.29) is 11.1 Å². The van der Waals surface area contributed by atoms with E-state index in [1.54, 1.807) is 0 Å². The molecule has 3 nitrogen and oxygen atoms in total. The third kappa shape index (κ3) is 2.86. The summed E-state index contributed by atoms with van der Waals surface area (Å²) >= 11 is 0. The van der Waals surface area contributed by atoms with Crippen molar-refractivity contribution < 1.29 is 4.79 Å². The van der Waals surface area contributed by atoms with Crippen LogP contribution in [0.15, 0.2) is 12.1 Å². The Morgan fingerprint density at radius 3 is 2.00 bits per heavy atom. The highest BCUT2D eigenvalue weighted by Crippen LogP contribution is 2.74. The zero-order chi connectivity index (χ0) is 18.0. The van der Waals surface area contributed by atoms with Crippen molar-refractivity contribution in [2.45, 2.75) is 59.0 Å². The molecule has 4 heteroatoms. The fourth-order valence-corrected chi connectivity index (χ4v) is 9.35. The van der Waals surface area contributed by atoms with Gasteiger partial charge in [-0.2, -0.15) is 0 Å². The average Bonchev–Trinajstić information content (AvgIpc) is 2.53. The maximum atomic E-state index is 13.4. The minimum absolute atomic E-state index is 0.122. The Hall–Kier alpha value is -1.39. The quantitative estimate of drug-likeness (QED) is 0.513. The molecule has 1 aliphatic rings. The predicted octanol–water partition coefficient (Wildman–Crippen LogP) is 5.79. The first kappa shape index (κ1) is 18.9. The van der Waals surface area contributed by atoms with E-state index in [0.29, 0.717) is 5.69 Å². The summed E-state index contributed by atoms with van der Waals surface area (Å²) in [6.45, 7) is 18.0. The SMILES string of the molecule is [C-]#[N+]c1cc(C)c(NC(=O)C2([P+](CC)(CC)CC)CCC2)c(C)c1. The summed E-state index contributed by atoms with van der Waals surface area (Å²) in [5.74, 6) is 0.231. The summed E-state index contributed by atoms with van der Waals surface area (Å²) in [6, 6.07) is 3.73. The number of nitrogens with zero attached hydrogens (tertiary/aromatic N) is 1. The molecule has 0 saturated heterocycles. The molecule has 0 atom stereocenters. The van der Waals surface area contributed by atoms with Crippen LogP contribution in [-0.2, 0) is 4.79 Å². The van der Waals surface area contributed by atoms with Crippen LogP contribution < -0.4 is 5.32 Å². The van der Waals surface area contributed by atoms with E-state index in [1.807, 2.05) is 26.0 Å². The molecule has 1 aliphatic carbocycles. The molecule has 1 fully saturated rings. The lowest BCUT2D eigenvalue weighted by Gasteiger charge is -2.48. The second-order valence-electron chi connectivity index (χ2n) is 7.00. The minimum atomic E-state index is -1.27. The highest BCUT2D eigenvalue weighted by molar-refractivity contribution is 7.78.